The molecule has 0 saturated heterocycles. The number of anilines is 1. The molecule has 0 aliphatic heterocycles. The maximum atomic E-state index is 12.8. The Hall–Kier alpha value is -2.36. The number of amides is 1. The summed E-state index contributed by atoms with van der Waals surface area (Å²) in [4.78, 5) is 10.2. The van der Waals surface area contributed by atoms with Gasteiger partial charge in [-0.25, -0.2) is 20.5 Å². The van der Waals surface area contributed by atoms with Crippen LogP contribution in [0.1, 0.15) is 24.5 Å². The lowest BCUT2D eigenvalue weighted by Gasteiger charge is -2.17. The average molecular weight is 413 g/mol. The maximum Gasteiger partial charge on any atom is 0.263 e. The molecule has 154 valence electrons. The van der Waals surface area contributed by atoms with Crippen LogP contribution in [0.2, 0.25) is 0 Å². The molecule has 0 aliphatic rings. The highest BCUT2D eigenvalue weighted by atomic mass is 32.2. The number of nitrogens with two attached hydrogens (primary N) is 2. The molecule has 0 unspecified atom stereocenters. The van der Waals surface area contributed by atoms with E-state index in [1.54, 1.807) is 25.0 Å². The fourth-order valence-corrected chi connectivity index (χ4v) is 3.22. The first-order valence-corrected chi connectivity index (χ1v) is 9.44. The van der Waals surface area contributed by atoms with E-state index in [1.807, 2.05) is 24.3 Å². The number of hydrogen-bond donors (Lipinski definition) is 2. The van der Waals surface area contributed by atoms with Gasteiger partial charge < -0.3 is 9.75 Å². The Kier molecular flexibility index (Phi) is 10.3. The van der Waals surface area contributed by atoms with Crippen LogP contribution in [0, 0.1) is 0 Å². The summed E-state index contributed by atoms with van der Waals surface area (Å²) in [5.41, 5.74) is 1.92. The number of rotatable bonds is 8. The van der Waals surface area contributed by atoms with E-state index >= 15 is 0 Å². The van der Waals surface area contributed by atoms with Crippen molar-refractivity contribution >= 4 is 23.9 Å². The first kappa shape index (κ1) is 23.7. The van der Waals surface area contributed by atoms with Crippen molar-refractivity contribution in [3.63, 3.8) is 0 Å². The Morgan fingerprint density at radius 3 is 2.39 bits per heavy atom. The standard InChI is InChI=1S/C16H18F2N2OS.C3H8N2O/c1-20(19)13-6-4-3-5-12(13)10-22-15-9-11(16(17)18)7-8-14(15)21-2;1-2-5(4)3-6/h3-9,16H,10,19H2,1-2H3;3H,2,4H2,1H3. The van der Waals surface area contributed by atoms with Crippen LogP contribution in [0.3, 0.4) is 0 Å². The van der Waals surface area contributed by atoms with Gasteiger partial charge in [-0.2, -0.15) is 0 Å². The summed E-state index contributed by atoms with van der Waals surface area (Å²) in [6, 6.07) is 12.2. The minimum Gasteiger partial charge on any atom is -0.496 e. The number of hydrogen-bond acceptors (Lipinski definition) is 6. The zero-order valence-electron chi connectivity index (χ0n) is 16.1. The Labute approximate surface area is 168 Å². The Bertz CT molecular complexity index is 748. The second-order valence-corrected chi connectivity index (χ2v) is 6.69. The van der Waals surface area contributed by atoms with E-state index in [1.165, 1.54) is 31.0 Å². The third-order valence-electron chi connectivity index (χ3n) is 3.69. The Morgan fingerprint density at radius 1 is 1.21 bits per heavy atom. The molecule has 0 heterocycles. The van der Waals surface area contributed by atoms with E-state index in [-0.39, 0.29) is 5.56 Å². The zero-order chi connectivity index (χ0) is 21.1. The molecule has 0 aromatic heterocycles. The molecule has 4 N–H and O–H groups in total. The summed E-state index contributed by atoms with van der Waals surface area (Å²) >= 11 is 1.45. The van der Waals surface area contributed by atoms with Gasteiger partial charge in [0.05, 0.1) is 17.7 Å². The molecule has 28 heavy (non-hydrogen) atoms. The molecule has 2 rings (SSSR count). The lowest BCUT2D eigenvalue weighted by molar-refractivity contribution is -0.118. The number of ether oxygens (including phenoxy) is 1. The minimum atomic E-state index is -2.49. The van der Waals surface area contributed by atoms with Gasteiger partial charge in [0.2, 0.25) is 6.41 Å². The molecule has 0 atom stereocenters. The van der Waals surface area contributed by atoms with Crippen molar-refractivity contribution in [3.8, 4) is 5.75 Å². The largest absolute Gasteiger partial charge is 0.496 e. The fraction of sp³-hybridized carbons (Fsp3) is 0.316. The third-order valence-corrected chi connectivity index (χ3v) is 4.78. The predicted molar refractivity (Wildman–Crippen MR) is 109 cm³/mol. The van der Waals surface area contributed by atoms with E-state index in [2.05, 4.69) is 0 Å². The molecule has 1 amide bonds. The molecule has 0 radical (unpaired) electrons. The highest BCUT2D eigenvalue weighted by molar-refractivity contribution is 7.98. The second-order valence-electron chi connectivity index (χ2n) is 5.68. The van der Waals surface area contributed by atoms with E-state index in [9.17, 15) is 13.6 Å². The number of para-hydroxylation sites is 1. The number of methoxy groups -OCH3 is 1. The Morgan fingerprint density at radius 2 is 1.89 bits per heavy atom. The molecule has 0 aliphatic carbocycles. The highest BCUT2D eigenvalue weighted by Gasteiger charge is 2.13. The summed E-state index contributed by atoms with van der Waals surface area (Å²) in [5.74, 6) is 11.9. The summed E-state index contributed by atoms with van der Waals surface area (Å²) in [5, 5.41) is 2.61. The zero-order valence-corrected chi connectivity index (χ0v) is 17.0. The van der Waals surface area contributed by atoms with E-state index in [0.717, 1.165) is 16.3 Å². The number of carbonyl (C=O) groups is 1. The molecular formula is C19H26F2N4O2S. The SMILES string of the molecule is CCN(N)C=O.COc1ccc(C(F)F)cc1SCc1ccccc1N(C)N. The number of hydrazine groups is 2. The van der Waals surface area contributed by atoms with Gasteiger partial charge in [-0.1, -0.05) is 18.2 Å². The normalized spacial score (nSPS) is 10.1. The van der Waals surface area contributed by atoms with Gasteiger partial charge in [-0.3, -0.25) is 9.80 Å². The molecule has 0 saturated carbocycles. The van der Waals surface area contributed by atoms with Gasteiger partial charge in [0, 0.05) is 24.9 Å². The molecule has 0 fully saturated rings. The van der Waals surface area contributed by atoms with Gasteiger partial charge in [-0.15, -0.1) is 11.8 Å². The van der Waals surface area contributed by atoms with Crippen LogP contribution in [0.15, 0.2) is 47.4 Å². The number of thioether (sulfide) groups is 1. The predicted octanol–water partition coefficient (Wildman–Crippen LogP) is 3.57. The van der Waals surface area contributed by atoms with Gasteiger partial charge in [0.15, 0.2) is 0 Å². The van der Waals surface area contributed by atoms with Crippen LogP contribution in [-0.4, -0.2) is 32.1 Å². The first-order chi connectivity index (χ1) is 13.3. The number of nitrogens with zero attached hydrogens (tertiary/aromatic N) is 2. The van der Waals surface area contributed by atoms with Crippen LogP contribution in [-0.2, 0) is 10.5 Å². The summed E-state index contributed by atoms with van der Waals surface area (Å²) in [6.07, 6.45) is -1.91. The topological polar surface area (TPSA) is 84.8 Å². The minimum absolute atomic E-state index is 0.00692. The summed E-state index contributed by atoms with van der Waals surface area (Å²) in [7, 11) is 3.30. The van der Waals surface area contributed by atoms with Gasteiger partial charge >= 0.3 is 0 Å². The lowest BCUT2D eigenvalue weighted by Crippen LogP contribution is -2.28. The molecule has 2 aromatic rings. The van der Waals surface area contributed by atoms with Crippen molar-refractivity contribution < 1.29 is 18.3 Å². The van der Waals surface area contributed by atoms with Crippen LogP contribution < -0.4 is 21.4 Å². The van der Waals surface area contributed by atoms with Crippen molar-refractivity contribution in [3.05, 3.63) is 53.6 Å². The maximum absolute atomic E-state index is 12.8. The molecule has 0 bridgehead atoms. The van der Waals surface area contributed by atoms with Crippen LogP contribution >= 0.6 is 11.8 Å². The second kappa shape index (κ2) is 12.2. The molecule has 0 spiro atoms. The first-order valence-electron chi connectivity index (χ1n) is 8.45. The van der Waals surface area contributed by atoms with E-state index in [0.29, 0.717) is 29.4 Å². The lowest BCUT2D eigenvalue weighted by atomic mass is 10.2. The molecular weight excluding hydrogens is 386 g/mol. The van der Waals surface area contributed by atoms with Crippen molar-refractivity contribution in [1.29, 1.82) is 0 Å². The van der Waals surface area contributed by atoms with Crippen molar-refractivity contribution in [2.75, 3.05) is 25.7 Å². The van der Waals surface area contributed by atoms with E-state index < -0.39 is 6.43 Å². The number of carbonyl (C=O) groups excluding carboxylic acids is 1. The number of halogens is 2. The fourth-order valence-electron chi connectivity index (χ4n) is 2.15. The van der Waals surface area contributed by atoms with Gasteiger partial charge in [0.1, 0.15) is 5.75 Å². The third kappa shape index (κ3) is 7.34. The number of alkyl halides is 2. The average Bonchev–Trinajstić information content (AvgIpc) is 2.71. The van der Waals surface area contributed by atoms with Gasteiger partial charge in [-0.05, 0) is 36.8 Å². The quantitative estimate of drug-likeness (QED) is 0.227. The molecule has 6 nitrogen and oxygen atoms in total. The molecule has 9 heteroatoms. The summed E-state index contributed by atoms with van der Waals surface area (Å²) < 4.78 is 30.9. The highest BCUT2D eigenvalue weighted by Crippen LogP contribution is 2.36. The van der Waals surface area contributed by atoms with Crippen molar-refractivity contribution in [2.24, 2.45) is 11.7 Å². The van der Waals surface area contributed by atoms with Crippen molar-refractivity contribution in [2.45, 2.75) is 24.0 Å². The summed E-state index contributed by atoms with van der Waals surface area (Å²) in [6.45, 7) is 2.37. The van der Waals surface area contributed by atoms with Crippen LogP contribution in [0.4, 0.5) is 14.5 Å². The smallest absolute Gasteiger partial charge is 0.263 e. The monoisotopic (exact) mass is 412 g/mol. The van der Waals surface area contributed by atoms with Crippen molar-refractivity contribution in [1.82, 2.24) is 5.01 Å². The Balaban J connectivity index is 0.000000568. The van der Waals surface area contributed by atoms with Gasteiger partial charge in [0.25, 0.3) is 6.43 Å². The van der Waals surface area contributed by atoms with E-state index in [4.69, 9.17) is 16.4 Å². The van der Waals surface area contributed by atoms with Crippen LogP contribution in [0.25, 0.3) is 0 Å². The number of benzene rings is 2. The molecule has 2 aromatic carbocycles. The van der Waals surface area contributed by atoms with Crippen LogP contribution in [0.5, 0.6) is 5.75 Å².